The van der Waals surface area contributed by atoms with E-state index < -0.39 is 6.09 Å². The van der Waals surface area contributed by atoms with Crippen LogP contribution in [0.5, 0.6) is 0 Å². The van der Waals surface area contributed by atoms with Gasteiger partial charge in [0.25, 0.3) is 5.56 Å². The van der Waals surface area contributed by atoms with E-state index in [2.05, 4.69) is 15.0 Å². The van der Waals surface area contributed by atoms with Gasteiger partial charge in [-0.2, -0.15) is 0 Å². The molecule has 0 aromatic carbocycles. The van der Waals surface area contributed by atoms with E-state index in [-0.39, 0.29) is 24.4 Å². The number of hydrogen-bond donors (Lipinski definition) is 1. The van der Waals surface area contributed by atoms with Crippen molar-refractivity contribution in [2.45, 2.75) is 26.6 Å². The summed E-state index contributed by atoms with van der Waals surface area (Å²) in [7, 11) is 4.38. The Morgan fingerprint density at radius 3 is 2.45 bits per heavy atom. The molecule has 11 nitrogen and oxygen atoms in total. The van der Waals surface area contributed by atoms with Crippen molar-refractivity contribution in [2.75, 3.05) is 47.6 Å². The highest BCUT2D eigenvalue weighted by molar-refractivity contribution is 7.18. The Hall–Kier alpha value is -2.70. The Bertz CT molecular complexity index is 1100. The Morgan fingerprint density at radius 2 is 1.81 bits per heavy atom. The highest BCUT2D eigenvalue weighted by atomic mass is 32.1. The Labute approximate surface area is 182 Å². The number of hydrogen-bond acceptors (Lipinski definition) is 9. The number of aliphatic imine (C=N–C) groups is 1. The Morgan fingerprint density at radius 1 is 1.13 bits per heavy atom. The number of rotatable bonds is 8. The van der Waals surface area contributed by atoms with E-state index in [1.807, 2.05) is 11.8 Å². The number of amides is 1. The first-order valence-corrected chi connectivity index (χ1v) is 10.6. The Balaban J connectivity index is 2.04. The summed E-state index contributed by atoms with van der Waals surface area (Å²) in [4.78, 5) is 45.5. The van der Waals surface area contributed by atoms with Crippen LogP contribution in [0.25, 0.3) is 10.2 Å². The maximum absolute atomic E-state index is 13.2. The summed E-state index contributed by atoms with van der Waals surface area (Å²) in [6.07, 6.45) is -0.590. The summed E-state index contributed by atoms with van der Waals surface area (Å²) in [6.45, 7) is 4.61. The number of carbonyl (C=O) groups is 1. The van der Waals surface area contributed by atoms with E-state index in [0.717, 1.165) is 10.4 Å². The second-order valence-corrected chi connectivity index (χ2v) is 8.03. The van der Waals surface area contributed by atoms with Crippen LogP contribution >= 0.6 is 11.3 Å². The fourth-order valence-electron chi connectivity index (χ4n) is 3.42. The van der Waals surface area contributed by atoms with Gasteiger partial charge in [0.1, 0.15) is 4.83 Å². The van der Waals surface area contributed by atoms with Gasteiger partial charge in [0.15, 0.2) is 0 Å². The predicted molar refractivity (Wildman–Crippen MR) is 117 cm³/mol. The normalized spacial score (nSPS) is 13.7. The molecule has 0 fully saturated rings. The van der Waals surface area contributed by atoms with Crippen molar-refractivity contribution in [3.63, 3.8) is 0 Å². The van der Waals surface area contributed by atoms with E-state index in [1.54, 1.807) is 11.7 Å². The molecule has 12 heteroatoms. The van der Waals surface area contributed by atoms with Gasteiger partial charge in [-0.3, -0.25) is 24.2 Å². The maximum Gasteiger partial charge on any atom is 0.413 e. The lowest BCUT2D eigenvalue weighted by atomic mass is 10.2. The monoisotopic (exact) mass is 453 g/mol. The van der Waals surface area contributed by atoms with Crippen LogP contribution in [-0.4, -0.2) is 73.7 Å². The molecule has 1 N–H and O–H groups in total. The summed E-state index contributed by atoms with van der Waals surface area (Å²) in [5, 5.41) is 3.13. The van der Waals surface area contributed by atoms with Crippen molar-refractivity contribution < 1.29 is 19.0 Å². The molecule has 0 saturated carbocycles. The number of aromatic nitrogens is 2. The molecule has 0 aliphatic carbocycles. The highest BCUT2D eigenvalue weighted by Gasteiger charge is 2.24. The average molecular weight is 454 g/mol. The van der Waals surface area contributed by atoms with Gasteiger partial charge < -0.3 is 19.1 Å². The Kier molecular flexibility index (Phi) is 7.46. The van der Waals surface area contributed by atoms with Crippen LogP contribution in [0.3, 0.4) is 0 Å². The van der Waals surface area contributed by atoms with Gasteiger partial charge in [-0.1, -0.05) is 0 Å². The van der Waals surface area contributed by atoms with Crippen LogP contribution in [0, 0.1) is 6.92 Å². The smallest absolute Gasteiger partial charge is 0.413 e. The van der Waals surface area contributed by atoms with Gasteiger partial charge >= 0.3 is 11.8 Å². The molecule has 0 radical (unpaired) electrons. The number of methoxy groups -OCH3 is 3. The zero-order valence-electron chi connectivity index (χ0n) is 18.1. The summed E-state index contributed by atoms with van der Waals surface area (Å²) in [6, 6.07) is 0. The van der Waals surface area contributed by atoms with Crippen LogP contribution in [-0.2, 0) is 33.8 Å². The number of nitrogens with one attached hydrogen (secondary N) is 1. The van der Waals surface area contributed by atoms with E-state index in [9.17, 15) is 14.4 Å². The first-order chi connectivity index (χ1) is 14.9. The van der Waals surface area contributed by atoms with Gasteiger partial charge in [0.2, 0.25) is 5.96 Å². The molecule has 3 heterocycles. The summed E-state index contributed by atoms with van der Waals surface area (Å²) >= 11 is 1.40. The number of thiophene rings is 1. The lowest BCUT2D eigenvalue weighted by Crippen LogP contribution is -2.41. The lowest BCUT2D eigenvalue weighted by molar-refractivity contribution is 0.175. The fraction of sp³-hybridized carbons (Fsp3) is 0.579. The molecule has 170 valence electrons. The minimum atomic E-state index is -0.590. The predicted octanol–water partition coefficient (Wildman–Crippen LogP) is 0.354. The van der Waals surface area contributed by atoms with Crippen LogP contribution in [0.15, 0.2) is 14.6 Å². The molecular weight excluding hydrogens is 426 g/mol. The van der Waals surface area contributed by atoms with Gasteiger partial charge in [-0.05, 0) is 12.5 Å². The van der Waals surface area contributed by atoms with E-state index >= 15 is 0 Å². The van der Waals surface area contributed by atoms with Crippen LogP contribution in [0.1, 0.15) is 10.4 Å². The zero-order chi connectivity index (χ0) is 22.5. The quantitative estimate of drug-likeness (QED) is 0.613. The van der Waals surface area contributed by atoms with E-state index in [1.165, 1.54) is 30.1 Å². The minimum absolute atomic E-state index is 0.174. The summed E-state index contributed by atoms with van der Waals surface area (Å²) < 4.78 is 17.7. The number of fused-ring (bicyclic) bond motifs is 1. The van der Waals surface area contributed by atoms with Crippen LogP contribution < -0.4 is 16.6 Å². The van der Waals surface area contributed by atoms with Crippen LogP contribution in [0.4, 0.5) is 4.79 Å². The number of aryl methyl sites for hydroxylation is 1. The molecule has 2 aromatic heterocycles. The third kappa shape index (κ3) is 4.65. The number of guanidine groups is 1. The van der Waals surface area contributed by atoms with Gasteiger partial charge in [-0.15, -0.1) is 11.3 Å². The molecular formula is C19H27N5O6S. The second-order valence-electron chi connectivity index (χ2n) is 6.95. The first-order valence-electron chi connectivity index (χ1n) is 9.80. The van der Waals surface area contributed by atoms with Crippen molar-refractivity contribution in [1.29, 1.82) is 0 Å². The molecule has 31 heavy (non-hydrogen) atoms. The second kappa shape index (κ2) is 10.1. The number of nitrogens with zero attached hydrogens (tertiary/aromatic N) is 4. The molecule has 0 saturated heterocycles. The largest absolute Gasteiger partial charge is 0.453 e. The zero-order valence-corrected chi connectivity index (χ0v) is 18.9. The topological polar surface area (TPSA) is 116 Å². The van der Waals surface area contributed by atoms with Gasteiger partial charge in [-0.25, -0.2) is 9.59 Å². The summed E-state index contributed by atoms with van der Waals surface area (Å²) in [5.74, 6) is 0.429. The van der Waals surface area contributed by atoms with Crippen LogP contribution in [0.2, 0.25) is 0 Å². The summed E-state index contributed by atoms with van der Waals surface area (Å²) in [5.41, 5.74) is 0.107. The number of alkyl carbamates (subject to hydrolysis) is 1. The van der Waals surface area contributed by atoms with Crippen molar-refractivity contribution in [2.24, 2.45) is 4.99 Å². The molecule has 1 amide bonds. The lowest BCUT2D eigenvalue weighted by Gasteiger charge is -2.19. The maximum atomic E-state index is 13.2. The first kappa shape index (κ1) is 23.0. The molecule has 0 atom stereocenters. The average Bonchev–Trinajstić information content (AvgIpc) is 3.32. The fourth-order valence-corrected chi connectivity index (χ4v) is 4.75. The van der Waals surface area contributed by atoms with E-state index in [4.69, 9.17) is 9.47 Å². The minimum Gasteiger partial charge on any atom is -0.453 e. The third-order valence-electron chi connectivity index (χ3n) is 5.10. The number of carbonyl (C=O) groups excluding carboxylic acids is 1. The molecule has 1 aliphatic rings. The number of ether oxygens (including phenoxy) is 3. The van der Waals surface area contributed by atoms with E-state index in [0.29, 0.717) is 49.0 Å². The molecule has 1 aliphatic heterocycles. The van der Waals surface area contributed by atoms with Crippen molar-refractivity contribution >= 4 is 33.6 Å². The van der Waals surface area contributed by atoms with Gasteiger partial charge in [0, 0.05) is 25.6 Å². The third-order valence-corrected chi connectivity index (χ3v) is 6.40. The molecule has 2 aromatic rings. The molecule has 0 bridgehead atoms. The molecule has 0 spiro atoms. The van der Waals surface area contributed by atoms with Crippen molar-refractivity contribution in [1.82, 2.24) is 19.4 Å². The van der Waals surface area contributed by atoms with Gasteiger partial charge in [0.05, 0.1) is 51.9 Å². The molecule has 0 unspecified atom stereocenters. The van der Waals surface area contributed by atoms with Crippen molar-refractivity contribution in [3.8, 4) is 0 Å². The molecule has 3 rings (SSSR count). The highest BCUT2D eigenvalue weighted by Crippen LogP contribution is 2.29. The standard InChI is InChI=1S/C19H27N5O6S/c1-12-13(11-22-6-5-20-17(22)21-18(26)30-4)31-16-14(12)15(25)23(7-9-28-2)19(27)24(16)8-10-29-3/h5-11H2,1-4H3,(H,20,21,26). The SMILES string of the molecule is COCCn1c(=O)c2c(C)c(CN3CCN=C3NC(=O)OC)sc2n(CCOC)c1=O. The van der Waals surface area contributed by atoms with Crippen molar-refractivity contribution in [3.05, 3.63) is 31.3 Å².